The SMILES string of the molecule is N#Cc1c(N)nc2c(c1-c1cccc3ncccc13)CN(C(=O)c1ccncc1)CC2. The van der Waals surface area contributed by atoms with E-state index in [-0.39, 0.29) is 11.7 Å². The Kier molecular flexibility index (Phi) is 4.53. The van der Waals surface area contributed by atoms with Crippen LogP contribution in [0.1, 0.15) is 27.2 Å². The zero-order valence-electron chi connectivity index (χ0n) is 16.6. The smallest absolute Gasteiger partial charge is 0.254 e. The van der Waals surface area contributed by atoms with Gasteiger partial charge in [-0.25, -0.2) is 4.98 Å². The first-order valence-electron chi connectivity index (χ1n) is 9.92. The van der Waals surface area contributed by atoms with Gasteiger partial charge in [0.2, 0.25) is 0 Å². The molecule has 1 aromatic carbocycles. The predicted octanol–water partition coefficient (Wildman–Crippen LogP) is 3.34. The fourth-order valence-corrected chi connectivity index (χ4v) is 4.16. The number of carbonyl (C=O) groups excluding carboxylic acids is 1. The molecule has 4 heterocycles. The molecular formula is C24H18N6O. The lowest BCUT2D eigenvalue weighted by Crippen LogP contribution is -2.37. The molecular weight excluding hydrogens is 388 g/mol. The number of aromatic nitrogens is 3. The van der Waals surface area contributed by atoms with Gasteiger partial charge in [0.15, 0.2) is 0 Å². The van der Waals surface area contributed by atoms with E-state index in [1.807, 2.05) is 30.3 Å². The van der Waals surface area contributed by atoms with Crippen molar-refractivity contribution in [2.75, 3.05) is 12.3 Å². The number of hydrogen-bond donors (Lipinski definition) is 1. The molecule has 2 N–H and O–H groups in total. The maximum atomic E-state index is 13.1. The number of rotatable bonds is 2. The van der Waals surface area contributed by atoms with E-state index >= 15 is 0 Å². The molecule has 1 aliphatic rings. The molecule has 0 radical (unpaired) electrons. The Labute approximate surface area is 178 Å². The molecule has 3 aromatic heterocycles. The highest BCUT2D eigenvalue weighted by molar-refractivity contribution is 5.98. The van der Waals surface area contributed by atoms with Crippen LogP contribution in [0.4, 0.5) is 5.82 Å². The Morgan fingerprint density at radius 2 is 1.94 bits per heavy atom. The highest BCUT2D eigenvalue weighted by Gasteiger charge is 2.28. The second kappa shape index (κ2) is 7.50. The van der Waals surface area contributed by atoms with Crippen molar-refractivity contribution < 1.29 is 4.79 Å². The van der Waals surface area contributed by atoms with E-state index in [1.54, 1.807) is 35.6 Å². The van der Waals surface area contributed by atoms with E-state index in [1.165, 1.54) is 0 Å². The minimum Gasteiger partial charge on any atom is -0.383 e. The number of hydrogen-bond acceptors (Lipinski definition) is 6. The number of nitriles is 1. The lowest BCUT2D eigenvalue weighted by atomic mass is 9.89. The van der Waals surface area contributed by atoms with Crippen molar-refractivity contribution in [3.63, 3.8) is 0 Å². The topological polar surface area (TPSA) is 109 Å². The van der Waals surface area contributed by atoms with Crippen molar-refractivity contribution >= 4 is 22.6 Å². The lowest BCUT2D eigenvalue weighted by molar-refractivity contribution is 0.0734. The Hall–Kier alpha value is -4.31. The fraction of sp³-hybridized carbons (Fsp3) is 0.125. The third-order valence-corrected chi connectivity index (χ3v) is 5.62. The van der Waals surface area contributed by atoms with Crippen LogP contribution >= 0.6 is 0 Å². The number of anilines is 1. The van der Waals surface area contributed by atoms with Gasteiger partial charge >= 0.3 is 0 Å². The van der Waals surface area contributed by atoms with E-state index in [4.69, 9.17) is 5.73 Å². The first kappa shape index (κ1) is 18.7. The van der Waals surface area contributed by atoms with Crippen LogP contribution in [-0.2, 0) is 13.0 Å². The van der Waals surface area contributed by atoms with Crippen molar-refractivity contribution in [3.8, 4) is 17.2 Å². The molecule has 0 spiro atoms. The van der Waals surface area contributed by atoms with E-state index in [9.17, 15) is 10.1 Å². The second-order valence-electron chi connectivity index (χ2n) is 7.37. The van der Waals surface area contributed by atoms with E-state index in [0.717, 1.165) is 33.3 Å². The number of amides is 1. The summed E-state index contributed by atoms with van der Waals surface area (Å²) in [5, 5.41) is 10.8. The second-order valence-corrected chi connectivity index (χ2v) is 7.37. The quantitative estimate of drug-likeness (QED) is 0.547. The largest absolute Gasteiger partial charge is 0.383 e. The van der Waals surface area contributed by atoms with Crippen LogP contribution < -0.4 is 5.73 Å². The lowest BCUT2D eigenvalue weighted by Gasteiger charge is -2.31. The highest BCUT2D eigenvalue weighted by Crippen LogP contribution is 2.38. The first-order chi connectivity index (χ1) is 15.2. The van der Waals surface area contributed by atoms with Crippen LogP contribution in [0.3, 0.4) is 0 Å². The van der Waals surface area contributed by atoms with E-state index < -0.39 is 0 Å². The molecule has 31 heavy (non-hydrogen) atoms. The average molecular weight is 406 g/mol. The van der Waals surface area contributed by atoms with Gasteiger partial charge in [0, 0.05) is 60.2 Å². The Bertz CT molecular complexity index is 1350. The molecule has 0 atom stereocenters. The third kappa shape index (κ3) is 3.15. The molecule has 0 unspecified atom stereocenters. The Morgan fingerprint density at radius 3 is 2.74 bits per heavy atom. The van der Waals surface area contributed by atoms with Crippen LogP contribution in [-0.4, -0.2) is 32.3 Å². The normalized spacial score (nSPS) is 12.9. The molecule has 1 aliphatic heterocycles. The Balaban J connectivity index is 1.69. The van der Waals surface area contributed by atoms with Gasteiger partial charge in [-0.3, -0.25) is 14.8 Å². The molecule has 1 amide bonds. The summed E-state index contributed by atoms with van der Waals surface area (Å²) >= 11 is 0. The van der Waals surface area contributed by atoms with Gasteiger partial charge in [-0.1, -0.05) is 18.2 Å². The molecule has 0 bridgehead atoms. The van der Waals surface area contributed by atoms with Gasteiger partial charge in [-0.15, -0.1) is 0 Å². The van der Waals surface area contributed by atoms with Gasteiger partial charge < -0.3 is 10.6 Å². The zero-order chi connectivity index (χ0) is 21.4. The molecule has 7 nitrogen and oxygen atoms in total. The van der Waals surface area contributed by atoms with Crippen molar-refractivity contribution in [2.24, 2.45) is 0 Å². The number of carbonyl (C=O) groups is 1. The maximum Gasteiger partial charge on any atom is 0.254 e. The van der Waals surface area contributed by atoms with Crippen LogP contribution in [0.2, 0.25) is 0 Å². The number of nitrogens with zero attached hydrogens (tertiary/aromatic N) is 5. The van der Waals surface area contributed by atoms with Crippen molar-refractivity contribution in [2.45, 2.75) is 13.0 Å². The average Bonchev–Trinajstić information content (AvgIpc) is 2.82. The summed E-state index contributed by atoms with van der Waals surface area (Å²) in [7, 11) is 0. The summed E-state index contributed by atoms with van der Waals surface area (Å²) in [6.45, 7) is 0.882. The highest BCUT2D eigenvalue weighted by atomic mass is 16.2. The summed E-state index contributed by atoms with van der Waals surface area (Å²) in [6, 6.07) is 15.3. The van der Waals surface area contributed by atoms with Gasteiger partial charge in [0.1, 0.15) is 17.5 Å². The molecule has 5 rings (SSSR count). The van der Waals surface area contributed by atoms with Crippen LogP contribution in [0.5, 0.6) is 0 Å². The molecule has 0 fully saturated rings. The predicted molar refractivity (Wildman–Crippen MR) is 117 cm³/mol. The first-order valence-corrected chi connectivity index (χ1v) is 9.92. The summed E-state index contributed by atoms with van der Waals surface area (Å²) in [5.74, 6) is 0.139. The monoisotopic (exact) mass is 406 g/mol. The van der Waals surface area contributed by atoms with Gasteiger partial charge in [0.05, 0.1) is 11.2 Å². The molecule has 0 saturated heterocycles. The Morgan fingerprint density at radius 1 is 1.10 bits per heavy atom. The number of benzene rings is 1. The fourth-order valence-electron chi connectivity index (χ4n) is 4.16. The number of pyridine rings is 3. The minimum absolute atomic E-state index is 0.0751. The van der Waals surface area contributed by atoms with E-state index in [2.05, 4.69) is 21.0 Å². The van der Waals surface area contributed by atoms with Crippen molar-refractivity contribution in [1.82, 2.24) is 19.9 Å². The van der Waals surface area contributed by atoms with Crippen molar-refractivity contribution in [1.29, 1.82) is 5.26 Å². The maximum absolute atomic E-state index is 13.1. The van der Waals surface area contributed by atoms with Crippen molar-refractivity contribution in [3.05, 3.63) is 83.4 Å². The van der Waals surface area contributed by atoms with Gasteiger partial charge in [-0.2, -0.15) is 5.26 Å². The summed E-state index contributed by atoms with van der Waals surface area (Å²) in [4.78, 5) is 27.8. The molecule has 150 valence electrons. The number of fused-ring (bicyclic) bond motifs is 2. The summed E-state index contributed by atoms with van der Waals surface area (Å²) in [5.41, 5.74) is 11.2. The number of nitrogen functional groups attached to an aromatic ring is 1. The van der Waals surface area contributed by atoms with Crippen LogP contribution in [0.25, 0.3) is 22.0 Å². The summed E-state index contributed by atoms with van der Waals surface area (Å²) in [6.07, 6.45) is 5.52. The third-order valence-electron chi connectivity index (χ3n) is 5.62. The molecule has 0 aliphatic carbocycles. The molecule has 0 saturated carbocycles. The molecule has 7 heteroatoms. The van der Waals surface area contributed by atoms with E-state index in [0.29, 0.717) is 30.6 Å². The van der Waals surface area contributed by atoms with Crippen LogP contribution in [0, 0.1) is 11.3 Å². The standard InChI is InChI=1S/C24H18N6O/c25-13-18-22(17-3-1-5-20-16(17)4-2-9-28-20)19-14-30(12-8-21(19)29-23(18)26)24(31)15-6-10-27-11-7-15/h1-7,9-11H,8,12,14H2,(H2,26,29). The minimum atomic E-state index is -0.0751. The zero-order valence-corrected chi connectivity index (χ0v) is 16.6. The molecule has 4 aromatic rings. The van der Waals surface area contributed by atoms with Crippen LogP contribution in [0.15, 0.2) is 61.1 Å². The van der Waals surface area contributed by atoms with Gasteiger partial charge in [0.25, 0.3) is 5.91 Å². The van der Waals surface area contributed by atoms with Gasteiger partial charge in [-0.05, 0) is 29.8 Å². The number of nitrogens with two attached hydrogens (primary N) is 1. The summed E-state index contributed by atoms with van der Waals surface area (Å²) < 4.78 is 0.